The van der Waals surface area contributed by atoms with E-state index in [1.807, 2.05) is 0 Å². The molecule has 3 rings (SSSR count). The fourth-order valence-electron chi connectivity index (χ4n) is 1.98. The molecule has 3 fully saturated rings. The third-order valence-electron chi connectivity index (χ3n) is 3.18. The van der Waals surface area contributed by atoms with Gasteiger partial charge in [-0.25, -0.2) is 17.6 Å². The van der Waals surface area contributed by atoms with Crippen LogP contribution in [0.1, 0.15) is 19.3 Å². The maximum atomic E-state index is 12.1. The average Bonchev–Trinajstić information content (AvgIpc) is 2.86. The second-order valence-electron chi connectivity index (χ2n) is 5.28. The third kappa shape index (κ3) is 10.00. The number of hydrogen-bond donors (Lipinski definition) is 3. The first-order chi connectivity index (χ1) is 9.91. The number of nitrogens with one attached hydrogen (secondary N) is 3. The van der Waals surface area contributed by atoms with Gasteiger partial charge in [-0.05, 0) is 13.0 Å². The molecule has 0 aromatic rings. The minimum atomic E-state index is -2.43. The Kier molecular flexibility index (Phi) is 8.46. The molecule has 126 valence electrons. The molecule has 3 N–H and O–H groups in total. The van der Waals surface area contributed by atoms with Crippen molar-refractivity contribution in [3.8, 4) is 0 Å². The Bertz CT molecular complexity index is 249. The van der Waals surface area contributed by atoms with E-state index >= 15 is 0 Å². The summed E-state index contributed by atoms with van der Waals surface area (Å²) in [7, 11) is 0. The van der Waals surface area contributed by atoms with Gasteiger partial charge in [-0.15, -0.1) is 0 Å². The fourth-order valence-corrected chi connectivity index (χ4v) is 1.98. The van der Waals surface area contributed by atoms with Crippen molar-refractivity contribution in [2.45, 2.75) is 31.1 Å². The monoisotopic (exact) mass is 315 g/mol. The van der Waals surface area contributed by atoms with Crippen molar-refractivity contribution in [3.63, 3.8) is 0 Å². The van der Waals surface area contributed by atoms with E-state index in [9.17, 15) is 17.6 Å². The Balaban J connectivity index is 0.000000159. The minimum Gasteiger partial charge on any atom is -0.379 e. The first-order valence-corrected chi connectivity index (χ1v) is 7.37. The zero-order chi connectivity index (χ0) is 15.6. The highest BCUT2D eigenvalue weighted by Crippen LogP contribution is 2.21. The van der Waals surface area contributed by atoms with E-state index in [-0.39, 0.29) is 25.9 Å². The Morgan fingerprint density at radius 2 is 1.24 bits per heavy atom. The Morgan fingerprint density at radius 1 is 0.667 bits per heavy atom. The summed E-state index contributed by atoms with van der Waals surface area (Å²) in [5.41, 5.74) is 0. The number of alkyl halides is 4. The molecule has 0 unspecified atom stereocenters. The normalized spacial score (nSPS) is 26.9. The maximum absolute atomic E-state index is 12.1. The van der Waals surface area contributed by atoms with Crippen LogP contribution in [-0.2, 0) is 4.74 Å². The number of morpholine rings is 1. The van der Waals surface area contributed by atoms with Gasteiger partial charge in [-0.3, -0.25) is 0 Å². The standard InChI is InChI=1S/C5H9F2N.C4H7F2N.C4H9NO/c6-5(7)2-1-3-8-4-5;5-4(6)1-2-7-3-4;1-3-6-4-2-5-1/h8H,1-4H2;7H,1-3H2;5H,1-4H2. The van der Waals surface area contributed by atoms with Crippen LogP contribution in [0.5, 0.6) is 0 Å². The minimum absolute atomic E-state index is 0.00694. The molecule has 4 nitrogen and oxygen atoms in total. The molecule has 0 atom stereocenters. The van der Waals surface area contributed by atoms with Gasteiger partial charge in [0.15, 0.2) is 0 Å². The number of rotatable bonds is 0. The van der Waals surface area contributed by atoms with Crippen LogP contribution < -0.4 is 16.0 Å². The van der Waals surface area contributed by atoms with Crippen LogP contribution in [0.4, 0.5) is 17.6 Å². The summed E-state index contributed by atoms with van der Waals surface area (Å²) in [6.07, 6.45) is 0.667. The zero-order valence-corrected chi connectivity index (χ0v) is 12.2. The van der Waals surface area contributed by atoms with Crippen molar-refractivity contribution in [2.24, 2.45) is 0 Å². The van der Waals surface area contributed by atoms with Gasteiger partial charge in [0, 0.05) is 32.5 Å². The fraction of sp³-hybridized carbons (Fsp3) is 1.00. The van der Waals surface area contributed by atoms with Gasteiger partial charge in [-0.1, -0.05) is 0 Å². The number of ether oxygens (including phenoxy) is 1. The zero-order valence-electron chi connectivity index (χ0n) is 12.2. The van der Waals surface area contributed by atoms with Crippen LogP contribution in [0.3, 0.4) is 0 Å². The van der Waals surface area contributed by atoms with Crippen LogP contribution in [0.25, 0.3) is 0 Å². The lowest BCUT2D eigenvalue weighted by atomic mass is 10.1. The summed E-state index contributed by atoms with van der Waals surface area (Å²) in [6.45, 7) is 4.78. The largest absolute Gasteiger partial charge is 0.379 e. The van der Waals surface area contributed by atoms with Gasteiger partial charge in [0.05, 0.1) is 26.3 Å². The second-order valence-corrected chi connectivity index (χ2v) is 5.28. The Morgan fingerprint density at radius 3 is 1.43 bits per heavy atom. The van der Waals surface area contributed by atoms with Crippen LogP contribution in [0.15, 0.2) is 0 Å². The average molecular weight is 315 g/mol. The lowest BCUT2D eigenvalue weighted by Gasteiger charge is -2.21. The predicted molar refractivity (Wildman–Crippen MR) is 73.2 cm³/mol. The Labute approximate surface area is 123 Å². The van der Waals surface area contributed by atoms with E-state index in [2.05, 4.69) is 16.0 Å². The van der Waals surface area contributed by atoms with E-state index in [0.29, 0.717) is 13.0 Å². The van der Waals surface area contributed by atoms with Crippen LogP contribution >= 0.6 is 0 Å². The van der Waals surface area contributed by atoms with Crippen molar-refractivity contribution in [2.75, 3.05) is 52.5 Å². The summed E-state index contributed by atoms with van der Waals surface area (Å²) >= 11 is 0. The molecule has 0 aliphatic carbocycles. The van der Waals surface area contributed by atoms with E-state index in [0.717, 1.165) is 32.8 Å². The van der Waals surface area contributed by atoms with Crippen molar-refractivity contribution >= 4 is 0 Å². The lowest BCUT2D eigenvalue weighted by Crippen LogP contribution is -2.38. The van der Waals surface area contributed by atoms with Crippen LogP contribution in [0, 0.1) is 0 Å². The first-order valence-electron chi connectivity index (χ1n) is 7.37. The molecule has 0 amide bonds. The Hall–Kier alpha value is -0.440. The first kappa shape index (κ1) is 18.6. The molecule has 3 aliphatic heterocycles. The van der Waals surface area contributed by atoms with E-state index in [1.54, 1.807) is 0 Å². The lowest BCUT2D eigenvalue weighted by molar-refractivity contribution is -0.0208. The smallest absolute Gasteiger partial charge is 0.261 e. The van der Waals surface area contributed by atoms with E-state index in [1.165, 1.54) is 0 Å². The van der Waals surface area contributed by atoms with Gasteiger partial charge < -0.3 is 20.7 Å². The van der Waals surface area contributed by atoms with Gasteiger partial charge in [0.25, 0.3) is 11.8 Å². The molecule has 21 heavy (non-hydrogen) atoms. The molecule has 0 aromatic heterocycles. The molecule has 0 spiro atoms. The topological polar surface area (TPSA) is 45.3 Å². The highest BCUT2D eigenvalue weighted by atomic mass is 19.3. The van der Waals surface area contributed by atoms with Crippen molar-refractivity contribution < 1.29 is 22.3 Å². The van der Waals surface area contributed by atoms with Gasteiger partial charge in [0.1, 0.15) is 0 Å². The van der Waals surface area contributed by atoms with E-state index < -0.39 is 11.8 Å². The molecule has 3 heterocycles. The molecule has 0 saturated carbocycles. The number of hydrogen-bond acceptors (Lipinski definition) is 4. The summed E-state index contributed by atoms with van der Waals surface area (Å²) in [5, 5.41) is 8.35. The molecule has 3 saturated heterocycles. The molecule has 0 radical (unpaired) electrons. The van der Waals surface area contributed by atoms with Gasteiger partial charge >= 0.3 is 0 Å². The molecular weight excluding hydrogens is 290 g/mol. The highest BCUT2D eigenvalue weighted by Gasteiger charge is 2.32. The SMILES string of the molecule is C1COCCN1.FC1(F)CCCNC1.FC1(F)CCNC1. The van der Waals surface area contributed by atoms with Gasteiger partial charge in [0.2, 0.25) is 0 Å². The quantitative estimate of drug-likeness (QED) is 0.588. The maximum Gasteiger partial charge on any atom is 0.261 e. The number of halogens is 4. The van der Waals surface area contributed by atoms with Crippen molar-refractivity contribution in [3.05, 3.63) is 0 Å². The predicted octanol–water partition coefficient (Wildman–Crippen LogP) is 1.23. The van der Waals surface area contributed by atoms with Crippen molar-refractivity contribution in [1.29, 1.82) is 0 Å². The summed E-state index contributed by atoms with van der Waals surface area (Å²) in [4.78, 5) is 0. The van der Waals surface area contributed by atoms with E-state index in [4.69, 9.17) is 4.74 Å². The molecule has 8 heteroatoms. The number of piperidine rings is 1. The van der Waals surface area contributed by atoms with Crippen LogP contribution in [-0.4, -0.2) is 64.3 Å². The molecule has 3 aliphatic rings. The molecular formula is C13H25F4N3O. The summed E-state index contributed by atoms with van der Waals surface area (Å²) in [5.74, 6) is -4.85. The third-order valence-corrected chi connectivity index (χ3v) is 3.18. The second kappa shape index (κ2) is 9.55. The molecule has 0 aromatic carbocycles. The van der Waals surface area contributed by atoms with Crippen LogP contribution in [0.2, 0.25) is 0 Å². The highest BCUT2D eigenvalue weighted by molar-refractivity contribution is 4.77. The van der Waals surface area contributed by atoms with Crippen molar-refractivity contribution in [1.82, 2.24) is 16.0 Å². The molecule has 0 bridgehead atoms. The summed E-state index contributed by atoms with van der Waals surface area (Å²) in [6, 6.07) is 0. The summed E-state index contributed by atoms with van der Waals surface area (Å²) < 4.78 is 53.1. The van der Waals surface area contributed by atoms with Gasteiger partial charge in [-0.2, -0.15) is 0 Å².